The van der Waals surface area contributed by atoms with Gasteiger partial charge in [-0.1, -0.05) is 13.8 Å². The SMILES string of the molecule is CC.CN(C)S(=O)(=O)C(F)(F)F. The molecule has 0 bridgehead atoms. The van der Waals surface area contributed by atoms with Gasteiger partial charge in [-0.05, 0) is 0 Å². The van der Waals surface area contributed by atoms with E-state index in [0.29, 0.717) is 0 Å². The first-order chi connectivity index (χ1) is 5.19. The van der Waals surface area contributed by atoms with Crippen molar-refractivity contribution in [3.8, 4) is 0 Å². The van der Waals surface area contributed by atoms with Gasteiger partial charge in [0.2, 0.25) is 0 Å². The van der Waals surface area contributed by atoms with Gasteiger partial charge < -0.3 is 0 Å². The van der Waals surface area contributed by atoms with Gasteiger partial charge in [0.15, 0.2) is 0 Å². The second-order valence-electron chi connectivity index (χ2n) is 1.73. The van der Waals surface area contributed by atoms with E-state index in [-0.39, 0.29) is 4.31 Å². The predicted octanol–water partition coefficient (Wildman–Crippen LogP) is 1.42. The van der Waals surface area contributed by atoms with E-state index in [1.165, 1.54) is 0 Å². The highest BCUT2D eigenvalue weighted by Gasteiger charge is 2.47. The lowest BCUT2D eigenvalue weighted by Gasteiger charge is -2.12. The minimum absolute atomic E-state index is 0.118. The van der Waals surface area contributed by atoms with E-state index < -0.39 is 15.5 Å². The second-order valence-corrected chi connectivity index (χ2v) is 3.88. The Kier molecular flexibility index (Phi) is 5.53. The minimum atomic E-state index is -5.18. The molecule has 0 fully saturated rings. The lowest BCUT2D eigenvalue weighted by molar-refractivity contribution is -0.0476. The molecule has 0 aromatic heterocycles. The fraction of sp³-hybridized carbons (Fsp3) is 1.00. The summed E-state index contributed by atoms with van der Waals surface area (Å²) in [6.45, 7) is 4.00. The van der Waals surface area contributed by atoms with Crippen LogP contribution in [0.4, 0.5) is 13.2 Å². The molecule has 0 rings (SSSR count). The van der Waals surface area contributed by atoms with Crippen LogP contribution < -0.4 is 0 Å². The van der Waals surface area contributed by atoms with Crippen molar-refractivity contribution in [3.63, 3.8) is 0 Å². The standard InChI is InChI=1S/C3H6F3NO2S.C2H6/c1-7(2)10(8,9)3(4,5)6;1-2/h1-2H3;1-2H3. The van der Waals surface area contributed by atoms with Crippen LogP contribution in [0.3, 0.4) is 0 Å². The highest BCUT2D eigenvalue weighted by atomic mass is 32.2. The third-order valence-corrected chi connectivity index (χ3v) is 2.32. The number of alkyl halides is 3. The molecular weight excluding hydrogens is 195 g/mol. The van der Waals surface area contributed by atoms with Crippen LogP contribution in [0, 0.1) is 0 Å². The molecule has 0 aliphatic rings. The number of hydrogen-bond donors (Lipinski definition) is 0. The molecule has 0 heterocycles. The number of halogens is 3. The van der Waals surface area contributed by atoms with Crippen molar-refractivity contribution in [3.05, 3.63) is 0 Å². The largest absolute Gasteiger partial charge is 0.511 e. The topological polar surface area (TPSA) is 37.4 Å². The van der Waals surface area contributed by atoms with Crippen LogP contribution in [0.25, 0.3) is 0 Å². The second kappa shape index (κ2) is 4.66. The molecule has 0 aliphatic carbocycles. The minimum Gasteiger partial charge on any atom is -0.203 e. The zero-order valence-electron chi connectivity index (χ0n) is 7.31. The lowest BCUT2D eigenvalue weighted by Crippen LogP contribution is -2.35. The van der Waals surface area contributed by atoms with Crippen LogP contribution in [0.5, 0.6) is 0 Å². The van der Waals surface area contributed by atoms with Gasteiger partial charge in [-0.25, -0.2) is 12.7 Å². The van der Waals surface area contributed by atoms with Crippen molar-refractivity contribution in [2.45, 2.75) is 19.4 Å². The average molecular weight is 207 g/mol. The Morgan fingerprint density at radius 3 is 1.33 bits per heavy atom. The first-order valence-corrected chi connectivity index (χ1v) is 4.62. The molecule has 0 radical (unpaired) electrons. The van der Waals surface area contributed by atoms with Gasteiger partial charge in [-0.3, -0.25) is 0 Å². The number of hydrogen-bond acceptors (Lipinski definition) is 2. The monoisotopic (exact) mass is 207 g/mol. The quantitative estimate of drug-likeness (QED) is 0.652. The molecule has 0 saturated heterocycles. The first kappa shape index (κ1) is 14.2. The number of sulfonamides is 1. The highest BCUT2D eigenvalue weighted by molar-refractivity contribution is 7.89. The van der Waals surface area contributed by atoms with E-state index in [0.717, 1.165) is 14.1 Å². The van der Waals surface area contributed by atoms with Crippen LogP contribution in [-0.4, -0.2) is 32.3 Å². The predicted molar refractivity (Wildman–Crippen MR) is 40.0 cm³/mol. The average Bonchev–Trinajstić information content (AvgIpc) is 1.89. The Hall–Kier alpha value is -0.300. The fourth-order valence-electron chi connectivity index (χ4n) is 0.207. The molecule has 0 atom stereocenters. The molecule has 0 aromatic rings. The molecule has 0 aliphatic heterocycles. The lowest BCUT2D eigenvalue weighted by atomic mass is 11.0. The number of nitrogens with zero attached hydrogens (tertiary/aromatic N) is 1. The molecule has 0 aromatic carbocycles. The molecule has 0 spiro atoms. The summed E-state index contributed by atoms with van der Waals surface area (Å²) in [6.07, 6.45) is 0. The number of rotatable bonds is 1. The van der Waals surface area contributed by atoms with Crippen molar-refractivity contribution in [1.82, 2.24) is 4.31 Å². The van der Waals surface area contributed by atoms with Gasteiger partial charge in [0.25, 0.3) is 0 Å². The molecule has 3 nitrogen and oxygen atoms in total. The Morgan fingerprint density at radius 2 is 1.33 bits per heavy atom. The van der Waals surface area contributed by atoms with Gasteiger partial charge in [0.1, 0.15) is 0 Å². The summed E-state index contributed by atoms with van der Waals surface area (Å²) in [7, 11) is -3.44. The van der Waals surface area contributed by atoms with Gasteiger partial charge in [-0.15, -0.1) is 0 Å². The summed E-state index contributed by atoms with van der Waals surface area (Å²) < 4.78 is 54.8. The van der Waals surface area contributed by atoms with E-state index in [1.807, 2.05) is 13.8 Å². The molecule has 0 amide bonds. The Balaban J connectivity index is 0. The third kappa shape index (κ3) is 3.40. The molecule has 0 unspecified atom stereocenters. The Morgan fingerprint density at radius 1 is 1.08 bits per heavy atom. The van der Waals surface area contributed by atoms with Gasteiger partial charge in [0, 0.05) is 14.1 Å². The zero-order chi connectivity index (χ0) is 10.6. The summed E-state index contributed by atoms with van der Waals surface area (Å²) in [4.78, 5) is 0. The van der Waals surface area contributed by atoms with E-state index in [2.05, 4.69) is 0 Å². The summed E-state index contributed by atoms with van der Waals surface area (Å²) >= 11 is 0. The molecule has 12 heavy (non-hydrogen) atoms. The van der Waals surface area contributed by atoms with Crippen molar-refractivity contribution in [2.24, 2.45) is 0 Å². The van der Waals surface area contributed by atoms with E-state index in [4.69, 9.17) is 0 Å². The smallest absolute Gasteiger partial charge is 0.203 e. The van der Waals surface area contributed by atoms with Gasteiger partial charge in [-0.2, -0.15) is 13.2 Å². The van der Waals surface area contributed by atoms with Crippen LogP contribution in [0.1, 0.15) is 13.8 Å². The zero-order valence-corrected chi connectivity index (χ0v) is 8.12. The van der Waals surface area contributed by atoms with Gasteiger partial charge >= 0.3 is 15.5 Å². The fourth-order valence-corrected chi connectivity index (χ4v) is 0.621. The van der Waals surface area contributed by atoms with Gasteiger partial charge in [0.05, 0.1) is 0 Å². The van der Waals surface area contributed by atoms with Crippen LogP contribution in [-0.2, 0) is 10.0 Å². The Bertz CT molecular complexity index is 207. The van der Waals surface area contributed by atoms with Crippen molar-refractivity contribution < 1.29 is 21.6 Å². The van der Waals surface area contributed by atoms with Crippen LogP contribution in [0.15, 0.2) is 0 Å². The normalized spacial score (nSPS) is 12.3. The highest BCUT2D eigenvalue weighted by Crippen LogP contribution is 2.24. The summed E-state index contributed by atoms with van der Waals surface area (Å²) in [5.74, 6) is 0. The van der Waals surface area contributed by atoms with Crippen LogP contribution in [0.2, 0.25) is 0 Å². The van der Waals surface area contributed by atoms with E-state index in [9.17, 15) is 21.6 Å². The Labute approximate surface area is 70.2 Å². The summed E-state index contributed by atoms with van der Waals surface area (Å²) in [6, 6.07) is 0. The maximum absolute atomic E-state index is 11.5. The van der Waals surface area contributed by atoms with Crippen LogP contribution >= 0.6 is 0 Å². The van der Waals surface area contributed by atoms with E-state index in [1.54, 1.807) is 0 Å². The maximum atomic E-state index is 11.5. The molecule has 0 saturated carbocycles. The summed E-state index contributed by atoms with van der Waals surface area (Å²) in [5.41, 5.74) is -5.18. The third-order valence-electron chi connectivity index (χ3n) is 0.773. The van der Waals surface area contributed by atoms with Crippen molar-refractivity contribution in [1.29, 1.82) is 0 Å². The maximum Gasteiger partial charge on any atom is 0.511 e. The van der Waals surface area contributed by atoms with Crippen molar-refractivity contribution >= 4 is 10.0 Å². The van der Waals surface area contributed by atoms with E-state index >= 15 is 0 Å². The molecule has 0 N–H and O–H groups in total. The first-order valence-electron chi connectivity index (χ1n) is 3.18. The molecular formula is C5H12F3NO2S. The van der Waals surface area contributed by atoms with Crippen molar-refractivity contribution in [2.75, 3.05) is 14.1 Å². The summed E-state index contributed by atoms with van der Waals surface area (Å²) in [5, 5.41) is 0. The molecule has 76 valence electrons. The molecule has 7 heteroatoms.